The van der Waals surface area contributed by atoms with Gasteiger partial charge in [0.15, 0.2) is 0 Å². The Balaban J connectivity index is 3.27. The topological polar surface area (TPSA) is 12.9 Å². The SMILES string of the molecule is FC(F)(F)c1cnc(Cl)cc1C#CCBr. The normalized spacial score (nSPS) is 10.7. The van der Waals surface area contributed by atoms with Gasteiger partial charge >= 0.3 is 6.18 Å². The summed E-state index contributed by atoms with van der Waals surface area (Å²) in [5.74, 6) is 4.85. The summed E-state index contributed by atoms with van der Waals surface area (Å²) in [6.45, 7) is 0. The smallest absolute Gasteiger partial charge is 0.244 e. The molecule has 0 bridgehead atoms. The van der Waals surface area contributed by atoms with Crippen LogP contribution in [0.1, 0.15) is 11.1 Å². The Morgan fingerprint density at radius 2 is 2.13 bits per heavy atom. The first-order chi connectivity index (χ1) is 6.95. The molecule has 0 unspecified atom stereocenters. The van der Waals surface area contributed by atoms with Crippen LogP contribution in [-0.4, -0.2) is 10.3 Å². The van der Waals surface area contributed by atoms with Gasteiger partial charge in [-0.3, -0.25) is 0 Å². The van der Waals surface area contributed by atoms with Gasteiger partial charge in [-0.15, -0.1) is 0 Å². The van der Waals surface area contributed by atoms with Crippen molar-refractivity contribution >= 4 is 27.5 Å². The molecule has 0 spiro atoms. The van der Waals surface area contributed by atoms with Gasteiger partial charge in [0.2, 0.25) is 0 Å². The highest BCUT2D eigenvalue weighted by Gasteiger charge is 2.33. The molecule has 6 heteroatoms. The molecule has 0 amide bonds. The van der Waals surface area contributed by atoms with Gasteiger partial charge in [0.05, 0.1) is 10.9 Å². The maximum absolute atomic E-state index is 12.4. The lowest BCUT2D eigenvalue weighted by atomic mass is 10.1. The molecular weight excluding hydrogens is 294 g/mol. The Morgan fingerprint density at radius 3 is 2.67 bits per heavy atom. The summed E-state index contributed by atoms with van der Waals surface area (Å²) in [4.78, 5) is 3.38. The molecule has 15 heavy (non-hydrogen) atoms. The highest BCUT2D eigenvalue weighted by atomic mass is 79.9. The van der Waals surface area contributed by atoms with Crippen molar-refractivity contribution < 1.29 is 13.2 Å². The minimum absolute atomic E-state index is 0.0122. The molecule has 0 aromatic carbocycles. The Morgan fingerprint density at radius 1 is 1.47 bits per heavy atom. The molecule has 0 saturated heterocycles. The zero-order valence-electron chi connectivity index (χ0n) is 7.20. The number of aromatic nitrogens is 1. The van der Waals surface area contributed by atoms with Crippen LogP contribution in [0.25, 0.3) is 0 Å². The summed E-state index contributed by atoms with van der Waals surface area (Å²) in [5, 5.41) is 0.284. The van der Waals surface area contributed by atoms with E-state index in [9.17, 15) is 13.2 Å². The highest BCUT2D eigenvalue weighted by Crippen LogP contribution is 2.31. The average Bonchev–Trinajstić information content (AvgIpc) is 2.12. The Labute approximate surface area is 97.8 Å². The predicted octanol–water partition coefficient (Wildman–Crippen LogP) is 3.50. The van der Waals surface area contributed by atoms with Crippen molar-refractivity contribution in [2.75, 3.05) is 5.33 Å². The molecule has 0 saturated carbocycles. The maximum atomic E-state index is 12.4. The lowest BCUT2D eigenvalue weighted by Gasteiger charge is -2.08. The molecule has 0 aliphatic heterocycles. The first-order valence-electron chi connectivity index (χ1n) is 3.72. The molecular formula is C9H4BrClF3N. The van der Waals surface area contributed by atoms with Crippen molar-refractivity contribution in [1.82, 2.24) is 4.98 Å². The van der Waals surface area contributed by atoms with Crippen molar-refractivity contribution in [2.45, 2.75) is 6.18 Å². The lowest BCUT2D eigenvalue weighted by molar-refractivity contribution is -0.138. The third-order valence-corrected chi connectivity index (χ3v) is 1.95. The Kier molecular flexibility index (Phi) is 4.00. The van der Waals surface area contributed by atoms with E-state index in [-0.39, 0.29) is 10.7 Å². The van der Waals surface area contributed by atoms with Crippen molar-refractivity contribution in [2.24, 2.45) is 0 Å². The predicted molar refractivity (Wildman–Crippen MR) is 54.9 cm³/mol. The Bertz CT molecular complexity index is 420. The van der Waals surface area contributed by atoms with E-state index in [0.29, 0.717) is 11.5 Å². The summed E-state index contributed by atoms with van der Waals surface area (Å²) in [7, 11) is 0. The number of halogens is 5. The number of rotatable bonds is 0. The molecule has 0 radical (unpaired) electrons. The molecule has 0 aliphatic carbocycles. The van der Waals surface area contributed by atoms with E-state index in [4.69, 9.17) is 11.6 Å². The monoisotopic (exact) mass is 297 g/mol. The number of alkyl halides is 4. The second-order valence-electron chi connectivity index (χ2n) is 2.49. The van der Waals surface area contributed by atoms with Gasteiger partial charge in [0, 0.05) is 11.8 Å². The molecule has 0 atom stereocenters. The minimum Gasteiger partial charge on any atom is -0.244 e. The van der Waals surface area contributed by atoms with Gasteiger partial charge < -0.3 is 0 Å². The van der Waals surface area contributed by atoms with Crippen LogP contribution in [-0.2, 0) is 6.18 Å². The summed E-state index contributed by atoms with van der Waals surface area (Å²) < 4.78 is 37.3. The van der Waals surface area contributed by atoms with E-state index in [1.54, 1.807) is 0 Å². The van der Waals surface area contributed by atoms with Crippen LogP contribution in [0.3, 0.4) is 0 Å². The second-order valence-corrected chi connectivity index (χ2v) is 3.43. The molecule has 1 heterocycles. The lowest BCUT2D eigenvalue weighted by Crippen LogP contribution is -2.08. The van der Waals surface area contributed by atoms with E-state index >= 15 is 0 Å². The van der Waals surface area contributed by atoms with Crippen molar-refractivity contribution in [3.63, 3.8) is 0 Å². The highest BCUT2D eigenvalue weighted by molar-refractivity contribution is 9.09. The molecule has 1 nitrogen and oxygen atoms in total. The van der Waals surface area contributed by atoms with Crippen LogP contribution in [0.2, 0.25) is 5.15 Å². The van der Waals surface area contributed by atoms with Crippen LogP contribution in [0, 0.1) is 11.8 Å². The third-order valence-electron chi connectivity index (χ3n) is 1.47. The fourth-order valence-corrected chi connectivity index (χ4v) is 1.19. The van der Waals surface area contributed by atoms with Crippen molar-refractivity contribution in [1.29, 1.82) is 0 Å². The molecule has 0 fully saturated rings. The second kappa shape index (κ2) is 4.86. The van der Waals surface area contributed by atoms with E-state index in [2.05, 4.69) is 32.8 Å². The van der Waals surface area contributed by atoms with E-state index in [1.165, 1.54) is 0 Å². The van der Waals surface area contributed by atoms with E-state index in [1.807, 2.05) is 0 Å². The number of hydrogen-bond donors (Lipinski definition) is 0. The van der Waals surface area contributed by atoms with E-state index < -0.39 is 11.7 Å². The van der Waals surface area contributed by atoms with Gasteiger partial charge in [0.25, 0.3) is 0 Å². The molecule has 1 aromatic heterocycles. The standard InChI is InChI=1S/C9H4BrClF3N/c10-3-1-2-6-4-8(11)15-5-7(6)9(12,13)14/h4-5H,3H2. The summed E-state index contributed by atoms with van der Waals surface area (Å²) in [5.41, 5.74) is -1.04. The van der Waals surface area contributed by atoms with Crippen LogP contribution in [0.4, 0.5) is 13.2 Å². The summed E-state index contributed by atoms with van der Waals surface area (Å²) in [6, 6.07) is 1.10. The molecule has 0 aliphatic rings. The third kappa shape index (κ3) is 3.40. The van der Waals surface area contributed by atoms with Gasteiger partial charge in [-0.2, -0.15) is 13.2 Å². The summed E-state index contributed by atoms with van der Waals surface area (Å²) in [6.07, 6.45) is -3.78. The van der Waals surface area contributed by atoms with Crippen LogP contribution >= 0.6 is 27.5 Å². The minimum atomic E-state index is -4.46. The van der Waals surface area contributed by atoms with Gasteiger partial charge in [-0.25, -0.2) is 4.98 Å². The largest absolute Gasteiger partial charge is 0.419 e. The molecule has 0 N–H and O–H groups in total. The molecule has 80 valence electrons. The van der Waals surface area contributed by atoms with Crippen molar-refractivity contribution in [3.05, 3.63) is 28.5 Å². The quantitative estimate of drug-likeness (QED) is 0.406. The van der Waals surface area contributed by atoms with Gasteiger partial charge in [-0.05, 0) is 6.07 Å². The van der Waals surface area contributed by atoms with Gasteiger partial charge in [-0.1, -0.05) is 39.4 Å². The van der Waals surface area contributed by atoms with Crippen molar-refractivity contribution in [3.8, 4) is 11.8 Å². The fraction of sp³-hybridized carbons (Fsp3) is 0.222. The first kappa shape index (κ1) is 12.3. The Hall–Kier alpha value is -0.730. The number of nitrogens with zero attached hydrogens (tertiary/aromatic N) is 1. The number of hydrogen-bond acceptors (Lipinski definition) is 1. The zero-order valence-corrected chi connectivity index (χ0v) is 9.54. The average molecular weight is 298 g/mol. The zero-order chi connectivity index (χ0) is 11.5. The fourth-order valence-electron chi connectivity index (χ4n) is 0.888. The molecule has 1 rings (SSSR count). The number of pyridine rings is 1. The van der Waals surface area contributed by atoms with Gasteiger partial charge in [0.1, 0.15) is 5.15 Å². The van der Waals surface area contributed by atoms with Crippen LogP contribution < -0.4 is 0 Å². The van der Waals surface area contributed by atoms with Crippen LogP contribution in [0.5, 0.6) is 0 Å². The first-order valence-corrected chi connectivity index (χ1v) is 5.22. The van der Waals surface area contributed by atoms with Crippen LogP contribution in [0.15, 0.2) is 12.3 Å². The van der Waals surface area contributed by atoms with E-state index in [0.717, 1.165) is 6.07 Å². The summed E-state index contributed by atoms with van der Waals surface area (Å²) >= 11 is 8.48. The molecule has 1 aromatic rings. The maximum Gasteiger partial charge on any atom is 0.419 e.